The van der Waals surface area contributed by atoms with Crippen LogP contribution in [0, 0.1) is 6.92 Å². The third-order valence-electron chi connectivity index (χ3n) is 4.50. The molecule has 2 aromatic carbocycles. The molecule has 3 rings (SSSR count). The Balaban J connectivity index is 1.87. The summed E-state index contributed by atoms with van der Waals surface area (Å²) < 4.78 is 0. The number of primary amides is 1. The summed E-state index contributed by atoms with van der Waals surface area (Å²) in [5.74, 6) is -0.816. The lowest BCUT2D eigenvalue weighted by Crippen LogP contribution is -2.39. The maximum Gasteiger partial charge on any atom is 0.271 e. The van der Waals surface area contributed by atoms with Gasteiger partial charge in [-0.25, -0.2) is 0 Å². The monoisotopic (exact) mass is 350 g/mol. The van der Waals surface area contributed by atoms with Gasteiger partial charge >= 0.3 is 0 Å². The molecule has 6 nitrogen and oxygen atoms in total. The number of nitrogens with one attached hydrogen (secondary N) is 1. The number of carbonyl (C=O) groups is 2. The number of aryl methyl sites for hydroxylation is 2. The van der Waals surface area contributed by atoms with E-state index in [1.54, 1.807) is 0 Å². The number of benzene rings is 2. The van der Waals surface area contributed by atoms with Crippen LogP contribution in [-0.4, -0.2) is 23.6 Å². The van der Waals surface area contributed by atoms with Gasteiger partial charge in [0.2, 0.25) is 5.91 Å². The van der Waals surface area contributed by atoms with Crippen LogP contribution in [0.15, 0.2) is 53.6 Å². The van der Waals surface area contributed by atoms with Crippen LogP contribution in [0.5, 0.6) is 0 Å². The Hall–Kier alpha value is -3.15. The van der Waals surface area contributed by atoms with Crippen molar-refractivity contribution in [3.05, 3.63) is 59.7 Å². The van der Waals surface area contributed by atoms with Crippen molar-refractivity contribution in [2.24, 2.45) is 10.8 Å². The first-order chi connectivity index (χ1) is 12.5. The summed E-state index contributed by atoms with van der Waals surface area (Å²) in [5.41, 5.74) is 9.39. The van der Waals surface area contributed by atoms with E-state index in [1.165, 1.54) is 5.01 Å². The van der Waals surface area contributed by atoms with Gasteiger partial charge in [-0.2, -0.15) is 5.10 Å². The van der Waals surface area contributed by atoms with Crippen LogP contribution >= 0.6 is 0 Å². The molecule has 1 heterocycles. The van der Waals surface area contributed by atoms with Gasteiger partial charge in [0.15, 0.2) is 0 Å². The van der Waals surface area contributed by atoms with Crippen LogP contribution in [0.2, 0.25) is 0 Å². The Labute approximate surface area is 152 Å². The molecule has 0 aliphatic carbocycles. The second-order valence-electron chi connectivity index (χ2n) is 6.27. The third-order valence-corrected chi connectivity index (χ3v) is 4.50. The lowest BCUT2D eigenvalue weighted by molar-refractivity contribution is -0.119. The molecule has 0 saturated heterocycles. The van der Waals surface area contributed by atoms with Gasteiger partial charge < -0.3 is 11.1 Å². The zero-order valence-corrected chi connectivity index (χ0v) is 14.9. The molecule has 0 unspecified atom stereocenters. The Morgan fingerprint density at radius 2 is 1.92 bits per heavy atom. The number of anilines is 2. The van der Waals surface area contributed by atoms with Crippen molar-refractivity contribution in [1.29, 1.82) is 0 Å². The molecule has 0 fully saturated rings. The number of nitrogens with two attached hydrogens (primary N) is 1. The number of carbonyl (C=O) groups excluding carboxylic acids is 2. The van der Waals surface area contributed by atoms with Crippen LogP contribution in [0.3, 0.4) is 0 Å². The minimum atomic E-state index is -0.666. The second kappa shape index (κ2) is 7.39. The molecule has 134 valence electrons. The largest absolute Gasteiger partial charge is 0.368 e. The Morgan fingerprint density at radius 3 is 2.58 bits per heavy atom. The van der Waals surface area contributed by atoms with Crippen molar-refractivity contribution >= 4 is 28.9 Å². The lowest BCUT2D eigenvalue weighted by Gasteiger charge is -2.20. The summed E-state index contributed by atoms with van der Waals surface area (Å²) in [6.07, 6.45) is 0.993. The second-order valence-corrected chi connectivity index (χ2v) is 6.27. The maximum atomic E-state index is 12.8. The number of amides is 2. The number of hydrazone groups is 1. The molecule has 2 aromatic rings. The summed E-state index contributed by atoms with van der Waals surface area (Å²) in [6.45, 7) is 3.99. The molecule has 6 heteroatoms. The van der Waals surface area contributed by atoms with Crippen molar-refractivity contribution in [3.8, 4) is 0 Å². The van der Waals surface area contributed by atoms with E-state index in [0.29, 0.717) is 5.71 Å². The SMILES string of the molecule is CCc1cccc(C)c1NC(=O)C1=NN(c2ccccc2)[C@@H](C(N)=O)C1. The van der Waals surface area contributed by atoms with Crippen LogP contribution < -0.4 is 16.1 Å². The van der Waals surface area contributed by atoms with E-state index < -0.39 is 11.9 Å². The average Bonchev–Trinajstić information content (AvgIpc) is 3.10. The van der Waals surface area contributed by atoms with Crippen molar-refractivity contribution in [1.82, 2.24) is 0 Å². The minimum Gasteiger partial charge on any atom is -0.368 e. The van der Waals surface area contributed by atoms with Crippen molar-refractivity contribution < 1.29 is 9.59 Å². The summed E-state index contributed by atoms with van der Waals surface area (Å²) in [5, 5.41) is 8.86. The van der Waals surface area contributed by atoms with Gasteiger partial charge in [0.05, 0.1) is 5.69 Å². The molecule has 0 radical (unpaired) electrons. The molecule has 0 spiro atoms. The number of hydrogen-bond acceptors (Lipinski definition) is 4. The molecule has 0 aromatic heterocycles. The van der Waals surface area contributed by atoms with E-state index in [2.05, 4.69) is 10.4 Å². The van der Waals surface area contributed by atoms with E-state index in [-0.39, 0.29) is 12.3 Å². The van der Waals surface area contributed by atoms with Gasteiger partial charge in [-0.1, -0.05) is 43.3 Å². The fourth-order valence-corrected chi connectivity index (χ4v) is 3.08. The fraction of sp³-hybridized carbons (Fsp3) is 0.250. The van der Waals surface area contributed by atoms with Gasteiger partial charge in [0, 0.05) is 12.1 Å². The molecular formula is C20H22N4O2. The van der Waals surface area contributed by atoms with Crippen molar-refractivity contribution in [2.75, 3.05) is 10.3 Å². The van der Waals surface area contributed by atoms with E-state index in [1.807, 2.05) is 62.4 Å². The summed E-state index contributed by atoms with van der Waals surface area (Å²) in [7, 11) is 0. The van der Waals surface area contributed by atoms with Crippen molar-refractivity contribution in [3.63, 3.8) is 0 Å². The Bertz CT molecular complexity index is 861. The lowest BCUT2D eigenvalue weighted by atomic mass is 10.0. The molecule has 0 saturated carbocycles. The minimum absolute atomic E-state index is 0.184. The molecule has 1 aliphatic rings. The quantitative estimate of drug-likeness (QED) is 0.869. The van der Waals surface area contributed by atoms with Gasteiger partial charge in [0.1, 0.15) is 11.8 Å². The highest BCUT2D eigenvalue weighted by atomic mass is 16.2. The smallest absolute Gasteiger partial charge is 0.271 e. The highest BCUT2D eigenvalue weighted by Gasteiger charge is 2.35. The number of para-hydroxylation sites is 2. The first kappa shape index (κ1) is 17.7. The van der Waals surface area contributed by atoms with E-state index in [9.17, 15) is 9.59 Å². The van der Waals surface area contributed by atoms with Gasteiger partial charge in [-0.05, 0) is 36.6 Å². The number of nitrogens with zero attached hydrogens (tertiary/aromatic N) is 2. The highest BCUT2D eigenvalue weighted by molar-refractivity contribution is 6.44. The predicted molar refractivity (Wildman–Crippen MR) is 103 cm³/mol. The maximum absolute atomic E-state index is 12.8. The van der Waals surface area contributed by atoms with Crippen LogP contribution in [0.4, 0.5) is 11.4 Å². The average molecular weight is 350 g/mol. The molecule has 1 aliphatic heterocycles. The van der Waals surface area contributed by atoms with E-state index >= 15 is 0 Å². The molecule has 3 N–H and O–H groups in total. The zero-order valence-electron chi connectivity index (χ0n) is 14.9. The number of rotatable bonds is 5. The normalized spacial score (nSPS) is 16.3. The number of hydrogen-bond donors (Lipinski definition) is 2. The molecule has 26 heavy (non-hydrogen) atoms. The summed E-state index contributed by atoms with van der Waals surface area (Å²) in [6, 6.07) is 14.5. The van der Waals surface area contributed by atoms with Gasteiger partial charge in [0.25, 0.3) is 5.91 Å². The molecular weight excluding hydrogens is 328 g/mol. The fourth-order valence-electron chi connectivity index (χ4n) is 3.08. The summed E-state index contributed by atoms with van der Waals surface area (Å²) in [4.78, 5) is 24.6. The molecule has 2 amide bonds. The summed E-state index contributed by atoms with van der Waals surface area (Å²) >= 11 is 0. The van der Waals surface area contributed by atoms with Crippen LogP contribution in [-0.2, 0) is 16.0 Å². The van der Waals surface area contributed by atoms with E-state index in [4.69, 9.17) is 5.73 Å². The predicted octanol–water partition coefficient (Wildman–Crippen LogP) is 2.62. The third kappa shape index (κ3) is 3.44. The molecule has 0 bridgehead atoms. The Morgan fingerprint density at radius 1 is 1.19 bits per heavy atom. The Kier molecular flexibility index (Phi) is 5.02. The van der Waals surface area contributed by atoms with Crippen molar-refractivity contribution in [2.45, 2.75) is 32.7 Å². The van der Waals surface area contributed by atoms with Gasteiger partial charge in [-0.3, -0.25) is 14.6 Å². The standard InChI is InChI=1S/C20H22N4O2/c1-3-14-9-7-8-13(2)18(14)22-20(26)16-12-17(19(21)25)24(23-16)15-10-5-4-6-11-15/h4-11,17H,3,12H2,1-2H3,(H2,21,25)(H,22,26)/t17-/m1/s1. The van der Waals surface area contributed by atoms with Crippen LogP contribution in [0.1, 0.15) is 24.5 Å². The first-order valence-corrected chi connectivity index (χ1v) is 8.62. The van der Waals surface area contributed by atoms with E-state index in [0.717, 1.165) is 28.9 Å². The zero-order chi connectivity index (χ0) is 18.7. The van der Waals surface area contributed by atoms with Crippen LogP contribution in [0.25, 0.3) is 0 Å². The van der Waals surface area contributed by atoms with Gasteiger partial charge in [-0.15, -0.1) is 0 Å². The highest BCUT2D eigenvalue weighted by Crippen LogP contribution is 2.26. The topological polar surface area (TPSA) is 87.8 Å². The first-order valence-electron chi connectivity index (χ1n) is 8.62. The molecule has 1 atom stereocenters.